The number of fused-ring (bicyclic) bond motifs is 13. The molecule has 0 aliphatic rings. The van der Waals surface area contributed by atoms with Crippen LogP contribution in [-0.4, -0.2) is 28.7 Å². The highest BCUT2D eigenvalue weighted by atomic mass is 32.1. The maximum atomic E-state index is 5.51. The number of para-hydroxylation sites is 5. The third-order valence-electron chi connectivity index (χ3n) is 12.9. The van der Waals surface area contributed by atoms with E-state index in [4.69, 9.17) is 15.0 Å². The van der Waals surface area contributed by atoms with Crippen molar-refractivity contribution in [3.63, 3.8) is 0 Å². The standard InChI is InChI=1S/C57H34N6S/c1-3-17-35(18-4-1)55-58-56(36-31-32-42-41-24-11-16-30-50(41)64-51(42)33-36)60-57(59-55)63-48-29-15-10-25-43(48)52-53-44(40-23-9-12-26-45(40)61(53)37-19-5-2-6-20-37)34-49(54(52)63)62-46-27-13-7-21-38(46)39-22-8-14-28-47(39)62/h1-34H. The smallest absolute Gasteiger partial charge is 0.238 e. The van der Waals surface area contributed by atoms with Crippen molar-refractivity contribution >= 4 is 96.9 Å². The molecule has 0 aliphatic heterocycles. The van der Waals surface area contributed by atoms with Crippen LogP contribution in [-0.2, 0) is 0 Å². The second-order valence-electron chi connectivity index (χ2n) is 16.4. The molecular weight excluding hydrogens is 801 g/mol. The van der Waals surface area contributed by atoms with Crippen molar-refractivity contribution < 1.29 is 0 Å². The highest BCUT2D eigenvalue weighted by Gasteiger charge is 2.27. The van der Waals surface area contributed by atoms with Gasteiger partial charge in [-0.2, -0.15) is 9.97 Å². The van der Waals surface area contributed by atoms with E-state index >= 15 is 0 Å². The first kappa shape index (κ1) is 35.2. The number of hydrogen-bond acceptors (Lipinski definition) is 4. The van der Waals surface area contributed by atoms with Gasteiger partial charge >= 0.3 is 0 Å². The van der Waals surface area contributed by atoms with E-state index in [0.29, 0.717) is 17.6 Å². The van der Waals surface area contributed by atoms with Crippen LogP contribution in [0, 0.1) is 0 Å². The maximum absolute atomic E-state index is 5.51. The fourth-order valence-electron chi connectivity index (χ4n) is 10.2. The minimum absolute atomic E-state index is 0.551. The summed E-state index contributed by atoms with van der Waals surface area (Å²) in [6, 6.07) is 73.7. The number of nitrogens with zero attached hydrogens (tertiary/aromatic N) is 6. The Bertz CT molecular complexity index is 4140. The summed E-state index contributed by atoms with van der Waals surface area (Å²) in [6.07, 6.45) is 0. The average molecular weight is 835 g/mol. The molecule has 0 bridgehead atoms. The molecule has 64 heavy (non-hydrogen) atoms. The Morgan fingerprint density at radius 1 is 0.328 bits per heavy atom. The fourth-order valence-corrected chi connectivity index (χ4v) is 11.3. The first-order chi connectivity index (χ1) is 31.8. The zero-order valence-corrected chi connectivity index (χ0v) is 35.0. The molecule has 0 aliphatic carbocycles. The molecule has 9 aromatic carbocycles. The Morgan fingerprint density at radius 2 is 0.844 bits per heavy atom. The van der Waals surface area contributed by atoms with Crippen LogP contribution in [0.25, 0.3) is 126 Å². The monoisotopic (exact) mass is 834 g/mol. The lowest BCUT2D eigenvalue weighted by atomic mass is 10.1. The lowest BCUT2D eigenvalue weighted by Crippen LogP contribution is -2.08. The number of aromatic nitrogens is 6. The van der Waals surface area contributed by atoms with Gasteiger partial charge in [-0.05, 0) is 54.6 Å². The van der Waals surface area contributed by atoms with Crippen molar-refractivity contribution in [1.29, 1.82) is 0 Å². The fraction of sp³-hybridized carbons (Fsp3) is 0. The molecule has 0 spiro atoms. The topological polar surface area (TPSA) is 53.5 Å². The Labute approximate surface area is 370 Å². The van der Waals surface area contributed by atoms with E-state index in [-0.39, 0.29) is 0 Å². The van der Waals surface area contributed by atoms with Crippen molar-refractivity contribution in [3.8, 4) is 40.1 Å². The van der Waals surface area contributed by atoms with Crippen molar-refractivity contribution in [1.82, 2.24) is 28.7 Å². The number of hydrogen-bond donors (Lipinski definition) is 0. The van der Waals surface area contributed by atoms with Gasteiger partial charge in [-0.1, -0.05) is 152 Å². The Morgan fingerprint density at radius 3 is 1.53 bits per heavy atom. The molecule has 0 radical (unpaired) electrons. The zero-order chi connectivity index (χ0) is 41.9. The van der Waals surface area contributed by atoms with E-state index < -0.39 is 0 Å². The summed E-state index contributed by atoms with van der Waals surface area (Å²) in [5.74, 6) is 1.78. The maximum Gasteiger partial charge on any atom is 0.238 e. The van der Waals surface area contributed by atoms with Crippen molar-refractivity contribution in [3.05, 3.63) is 206 Å². The van der Waals surface area contributed by atoms with Gasteiger partial charge in [0.1, 0.15) is 0 Å². The number of rotatable bonds is 5. The number of thiophene rings is 1. The summed E-state index contributed by atoms with van der Waals surface area (Å²) in [5.41, 5.74) is 10.6. The van der Waals surface area contributed by atoms with Gasteiger partial charge in [0.05, 0.1) is 38.8 Å². The molecule has 14 aromatic rings. The molecule has 0 amide bonds. The van der Waals surface area contributed by atoms with Crippen molar-refractivity contribution in [2.24, 2.45) is 0 Å². The average Bonchev–Trinajstić information content (AvgIpc) is 4.10. The second-order valence-corrected chi connectivity index (χ2v) is 17.5. The van der Waals surface area contributed by atoms with Gasteiger partial charge in [0.2, 0.25) is 5.95 Å². The van der Waals surface area contributed by atoms with Gasteiger partial charge in [-0.15, -0.1) is 11.3 Å². The van der Waals surface area contributed by atoms with Gasteiger partial charge in [-0.3, -0.25) is 4.57 Å². The third-order valence-corrected chi connectivity index (χ3v) is 14.0. The molecule has 5 heterocycles. The molecule has 5 aromatic heterocycles. The second kappa shape index (κ2) is 13.6. The summed E-state index contributed by atoms with van der Waals surface area (Å²) in [7, 11) is 0. The zero-order valence-electron chi connectivity index (χ0n) is 34.2. The molecule has 0 saturated heterocycles. The molecule has 0 saturated carbocycles. The first-order valence-corrected chi connectivity index (χ1v) is 22.4. The molecule has 0 unspecified atom stereocenters. The van der Waals surface area contributed by atoms with Gasteiger partial charge in [0.15, 0.2) is 11.6 Å². The highest BCUT2D eigenvalue weighted by Crippen LogP contribution is 2.46. The van der Waals surface area contributed by atoms with Crippen LogP contribution in [0.4, 0.5) is 0 Å². The first-order valence-electron chi connectivity index (χ1n) is 21.5. The van der Waals surface area contributed by atoms with E-state index in [1.165, 1.54) is 41.7 Å². The lowest BCUT2D eigenvalue weighted by molar-refractivity contribution is 0.950. The van der Waals surface area contributed by atoms with Crippen LogP contribution < -0.4 is 0 Å². The summed E-state index contributed by atoms with van der Waals surface area (Å²) < 4.78 is 9.65. The van der Waals surface area contributed by atoms with E-state index in [1.807, 2.05) is 18.2 Å². The molecular formula is C57H34N6S. The van der Waals surface area contributed by atoms with E-state index in [2.05, 4.69) is 202 Å². The van der Waals surface area contributed by atoms with Gasteiger partial charge < -0.3 is 9.13 Å². The molecule has 0 N–H and O–H groups in total. The molecule has 7 heteroatoms. The minimum Gasteiger partial charge on any atom is -0.309 e. The van der Waals surface area contributed by atoms with Gasteiger partial charge in [-0.25, -0.2) is 4.98 Å². The van der Waals surface area contributed by atoms with Gasteiger partial charge in [0.25, 0.3) is 0 Å². The Hall–Kier alpha value is -8.39. The SMILES string of the molecule is c1ccc(-c2nc(-c3ccc4c(c3)sc3ccccc34)nc(-n3c4ccccc4c4c3c(-n3c5ccccc5c5ccccc53)cc3c5ccccc5n(-c5ccccc5)c34)n2)cc1. The predicted molar refractivity (Wildman–Crippen MR) is 267 cm³/mol. The molecule has 0 atom stereocenters. The van der Waals surface area contributed by atoms with Crippen LogP contribution in [0.1, 0.15) is 0 Å². The molecule has 14 rings (SSSR count). The summed E-state index contributed by atoms with van der Waals surface area (Å²) in [4.78, 5) is 16.2. The summed E-state index contributed by atoms with van der Waals surface area (Å²) >= 11 is 1.80. The lowest BCUT2D eigenvalue weighted by Gasteiger charge is -2.16. The van der Waals surface area contributed by atoms with E-state index in [0.717, 1.165) is 66.4 Å². The highest BCUT2D eigenvalue weighted by molar-refractivity contribution is 7.25. The molecule has 298 valence electrons. The normalized spacial score (nSPS) is 12.1. The Kier molecular flexibility index (Phi) is 7.46. The van der Waals surface area contributed by atoms with Crippen molar-refractivity contribution in [2.45, 2.75) is 0 Å². The largest absolute Gasteiger partial charge is 0.309 e. The summed E-state index contributed by atoms with van der Waals surface area (Å²) in [6.45, 7) is 0. The molecule has 6 nitrogen and oxygen atoms in total. The Balaban J connectivity index is 1.18. The third kappa shape index (κ3) is 5.04. The van der Waals surface area contributed by atoms with Crippen LogP contribution in [0.3, 0.4) is 0 Å². The summed E-state index contributed by atoms with van der Waals surface area (Å²) in [5, 5.41) is 9.49. The van der Waals surface area contributed by atoms with E-state index in [9.17, 15) is 0 Å². The van der Waals surface area contributed by atoms with Crippen molar-refractivity contribution in [2.75, 3.05) is 0 Å². The molecule has 0 fully saturated rings. The minimum atomic E-state index is 0.551. The quantitative estimate of drug-likeness (QED) is 0.174. The van der Waals surface area contributed by atoms with Crippen LogP contribution in [0.5, 0.6) is 0 Å². The van der Waals surface area contributed by atoms with Crippen LogP contribution >= 0.6 is 11.3 Å². The van der Waals surface area contributed by atoms with Crippen LogP contribution in [0.15, 0.2) is 206 Å². The van der Waals surface area contributed by atoms with Crippen LogP contribution in [0.2, 0.25) is 0 Å². The van der Waals surface area contributed by atoms with E-state index in [1.54, 1.807) is 11.3 Å². The van der Waals surface area contributed by atoms with Gasteiger partial charge in [0, 0.05) is 69.3 Å². The predicted octanol–water partition coefficient (Wildman–Crippen LogP) is 14.9. The number of benzene rings is 9.